The smallest absolute Gasteiger partial charge is 0.260 e. The average Bonchev–Trinajstić information content (AvgIpc) is 3.34. The molecule has 0 radical (unpaired) electrons. The van der Waals surface area contributed by atoms with Crippen molar-refractivity contribution in [1.82, 2.24) is 4.98 Å². The normalized spacial score (nSPS) is 16.6. The lowest BCUT2D eigenvalue weighted by atomic mass is 10.0. The van der Waals surface area contributed by atoms with Crippen molar-refractivity contribution in [2.75, 3.05) is 24.3 Å². The second-order valence-electron chi connectivity index (χ2n) is 7.17. The van der Waals surface area contributed by atoms with Crippen LogP contribution >= 0.6 is 23.1 Å². The molecule has 3 aromatic rings. The van der Waals surface area contributed by atoms with E-state index in [1.54, 1.807) is 23.1 Å². The van der Waals surface area contributed by atoms with Gasteiger partial charge in [-0.15, -0.1) is 11.8 Å². The fraction of sp³-hybridized carbons (Fsp3) is 0.364. The molecule has 6 heteroatoms. The minimum Gasteiger partial charge on any atom is -0.376 e. The Morgan fingerprint density at radius 1 is 1.32 bits per heavy atom. The Morgan fingerprint density at radius 3 is 2.89 bits per heavy atom. The van der Waals surface area contributed by atoms with Gasteiger partial charge in [-0.1, -0.05) is 35.1 Å². The molecule has 1 amide bonds. The molecule has 1 saturated heterocycles. The Hall–Kier alpha value is -1.89. The fourth-order valence-electron chi connectivity index (χ4n) is 3.63. The summed E-state index contributed by atoms with van der Waals surface area (Å²) in [6, 6.07) is 12.2. The van der Waals surface area contributed by atoms with Gasteiger partial charge in [0.2, 0.25) is 0 Å². The van der Waals surface area contributed by atoms with Crippen LogP contribution < -0.4 is 4.90 Å². The second kappa shape index (κ2) is 8.23. The van der Waals surface area contributed by atoms with E-state index < -0.39 is 0 Å². The number of thiazole rings is 1. The molecule has 0 spiro atoms. The lowest BCUT2D eigenvalue weighted by molar-refractivity contribution is 0.0917. The summed E-state index contributed by atoms with van der Waals surface area (Å²) in [6.07, 6.45) is 4.16. The van der Waals surface area contributed by atoms with Gasteiger partial charge >= 0.3 is 0 Å². The van der Waals surface area contributed by atoms with E-state index in [1.165, 1.54) is 0 Å². The van der Waals surface area contributed by atoms with Crippen molar-refractivity contribution in [2.24, 2.45) is 0 Å². The minimum absolute atomic E-state index is 0.00208. The van der Waals surface area contributed by atoms with Crippen LogP contribution in [0.3, 0.4) is 0 Å². The number of carbonyl (C=O) groups is 1. The van der Waals surface area contributed by atoms with Crippen LogP contribution in [0.1, 0.15) is 34.3 Å². The highest BCUT2D eigenvalue weighted by Gasteiger charge is 2.28. The van der Waals surface area contributed by atoms with Crippen molar-refractivity contribution in [3.63, 3.8) is 0 Å². The number of fused-ring (bicyclic) bond motifs is 1. The van der Waals surface area contributed by atoms with E-state index in [1.807, 2.05) is 36.9 Å². The van der Waals surface area contributed by atoms with E-state index in [0.717, 1.165) is 56.4 Å². The molecule has 2 aromatic carbocycles. The number of carbonyl (C=O) groups excluding carboxylic acids is 1. The number of amides is 1. The zero-order valence-electron chi connectivity index (χ0n) is 16.4. The van der Waals surface area contributed by atoms with E-state index in [-0.39, 0.29) is 12.0 Å². The zero-order valence-corrected chi connectivity index (χ0v) is 18.0. The van der Waals surface area contributed by atoms with Gasteiger partial charge < -0.3 is 4.74 Å². The third-order valence-corrected chi connectivity index (χ3v) is 6.90. The molecule has 28 heavy (non-hydrogen) atoms. The number of hydrogen-bond acceptors (Lipinski definition) is 5. The first-order chi connectivity index (χ1) is 13.6. The first-order valence-corrected chi connectivity index (χ1v) is 11.5. The molecule has 4 rings (SSSR count). The number of aryl methyl sites for hydroxylation is 2. The first-order valence-electron chi connectivity index (χ1n) is 9.51. The largest absolute Gasteiger partial charge is 0.376 e. The molecule has 0 N–H and O–H groups in total. The van der Waals surface area contributed by atoms with Gasteiger partial charge in [0, 0.05) is 17.1 Å². The quantitative estimate of drug-likeness (QED) is 0.522. The molecular weight excluding hydrogens is 388 g/mol. The van der Waals surface area contributed by atoms with Gasteiger partial charge in [0.05, 0.1) is 22.9 Å². The number of ether oxygens (including phenoxy) is 1. The maximum Gasteiger partial charge on any atom is 0.260 e. The van der Waals surface area contributed by atoms with Crippen molar-refractivity contribution in [2.45, 2.75) is 37.7 Å². The van der Waals surface area contributed by atoms with Crippen molar-refractivity contribution < 1.29 is 9.53 Å². The van der Waals surface area contributed by atoms with E-state index >= 15 is 0 Å². The number of nitrogens with zero attached hydrogens (tertiary/aromatic N) is 2. The average molecular weight is 413 g/mol. The molecule has 1 aliphatic heterocycles. The van der Waals surface area contributed by atoms with Gasteiger partial charge in [0.25, 0.3) is 5.91 Å². The number of benzene rings is 2. The summed E-state index contributed by atoms with van der Waals surface area (Å²) < 4.78 is 6.94. The van der Waals surface area contributed by atoms with Crippen LogP contribution in [-0.2, 0) is 4.74 Å². The molecule has 1 fully saturated rings. The van der Waals surface area contributed by atoms with E-state index in [9.17, 15) is 4.79 Å². The Bertz CT molecular complexity index is 1010. The fourth-order valence-corrected chi connectivity index (χ4v) is 5.26. The van der Waals surface area contributed by atoms with E-state index in [0.29, 0.717) is 6.54 Å². The van der Waals surface area contributed by atoms with E-state index in [4.69, 9.17) is 9.72 Å². The molecule has 4 nitrogen and oxygen atoms in total. The van der Waals surface area contributed by atoms with Gasteiger partial charge in [0.1, 0.15) is 0 Å². The Kier molecular flexibility index (Phi) is 5.71. The third-order valence-electron chi connectivity index (χ3n) is 5.09. The maximum absolute atomic E-state index is 13.5. The number of thioether (sulfide) groups is 1. The SMILES string of the molecule is CSc1cccc2sc(N(C[C@@H]3CCCO3)C(=O)c3ccc(C)cc3C)nc12. The lowest BCUT2D eigenvalue weighted by Crippen LogP contribution is -2.37. The summed E-state index contributed by atoms with van der Waals surface area (Å²) in [5.41, 5.74) is 3.85. The number of anilines is 1. The predicted octanol–water partition coefficient (Wildman–Crippen LogP) is 5.46. The molecule has 1 aromatic heterocycles. The van der Waals surface area contributed by atoms with Gasteiger partial charge in [-0.3, -0.25) is 9.69 Å². The lowest BCUT2D eigenvalue weighted by Gasteiger charge is -2.24. The van der Waals surface area contributed by atoms with Crippen molar-refractivity contribution in [1.29, 1.82) is 0 Å². The van der Waals surface area contributed by atoms with Crippen molar-refractivity contribution >= 4 is 44.4 Å². The Balaban J connectivity index is 1.75. The Morgan fingerprint density at radius 2 is 2.18 bits per heavy atom. The van der Waals surface area contributed by atoms with Crippen LogP contribution in [0.15, 0.2) is 41.3 Å². The number of para-hydroxylation sites is 1. The highest BCUT2D eigenvalue weighted by atomic mass is 32.2. The van der Waals surface area contributed by atoms with Gasteiger partial charge in [-0.05, 0) is 56.7 Å². The summed E-state index contributed by atoms with van der Waals surface area (Å²) in [5, 5.41) is 0.747. The summed E-state index contributed by atoms with van der Waals surface area (Å²) >= 11 is 3.26. The van der Waals surface area contributed by atoms with Crippen LogP contribution in [0.25, 0.3) is 10.2 Å². The van der Waals surface area contributed by atoms with Crippen LogP contribution in [0.4, 0.5) is 5.13 Å². The van der Waals surface area contributed by atoms with Crippen molar-refractivity contribution in [3.05, 3.63) is 53.1 Å². The first kappa shape index (κ1) is 19.4. The highest BCUT2D eigenvalue weighted by Crippen LogP contribution is 2.35. The topological polar surface area (TPSA) is 42.4 Å². The molecular formula is C22H24N2O2S2. The Labute approximate surface area is 173 Å². The molecule has 0 unspecified atom stereocenters. The van der Waals surface area contributed by atoms with Crippen molar-refractivity contribution in [3.8, 4) is 0 Å². The highest BCUT2D eigenvalue weighted by molar-refractivity contribution is 7.98. The molecule has 2 heterocycles. The van der Waals surface area contributed by atoms with Gasteiger partial charge in [-0.2, -0.15) is 0 Å². The van der Waals surface area contributed by atoms with Gasteiger partial charge in [-0.25, -0.2) is 4.98 Å². The zero-order chi connectivity index (χ0) is 19.7. The molecule has 0 saturated carbocycles. The standard InChI is InChI=1S/C22H24N2O2S2/c1-14-9-10-17(15(2)12-14)21(25)24(13-16-6-5-11-26-16)22-23-20-18(27-3)7-4-8-19(20)28-22/h4,7-10,12,16H,5-6,11,13H2,1-3H3/t16-/m0/s1. The van der Waals surface area contributed by atoms with E-state index in [2.05, 4.69) is 24.5 Å². The van der Waals surface area contributed by atoms with Gasteiger partial charge in [0.15, 0.2) is 5.13 Å². The molecule has 1 atom stereocenters. The minimum atomic E-state index is -0.00208. The summed E-state index contributed by atoms with van der Waals surface area (Å²) in [7, 11) is 0. The van der Waals surface area contributed by atoms with Crippen LogP contribution in [-0.4, -0.2) is 36.4 Å². The second-order valence-corrected chi connectivity index (χ2v) is 9.03. The molecule has 146 valence electrons. The van der Waals surface area contributed by atoms with Crippen LogP contribution in [0.5, 0.6) is 0 Å². The molecule has 0 bridgehead atoms. The maximum atomic E-state index is 13.5. The molecule has 0 aliphatic carbocycles. The third kappa shape index (κ3) is 3.81. The number of aromatic nitrogens is 1. The molecule has 1 aliphatic rings. The summed E-state index contributed by atoms with van der Waals surface area (Å²) in [6.45, 7) is 5.35. The monoisotopic (exact) mass is 412 g/mol. The van der Waals surface area contributed by atoms with Crippen LogP contribution in [0, 0.1) is 13.8 Å². The summed E-state index contributed by atoms with van der Waals surface area (Å²) in [5.74, 6) is -0.00208. The predicted molar refractivity (Wildman–Crippen MR) is 118 cm³/mol. The number of rotatable bonds is 5. The number of hydrogen-bond donors (Lipinski definition) is 0. The van der Waals surface area contributed by atoms with Crippen LogP contribution in [0.2, 0.25) is 0 Å². The summed E-state index contributed by atoms with van der Waals surface area (Å²) in [4.78, 5) is 21.4.